The van der Waals surface area contributed by atoms with Crippen LogP contribution in [-0.2, 0) is 4.79 Å². The molecule has 0 aliphatic carbocycles. The number of carbonyl (C=O) groups is 1. The fraction of sp³-hybridized carbons (Fsp3) is 0.455. The van der Waals surface area contributed by atoms with E-state index in [1.54, 1.807) is 27.1 Å². The number of anilines is 1. The van der Waals surface area contributed by atoms with Gasteiger partial charge in [-0.25, -0.2) is 19.3 Å². The lowest BCUT2D eigenvalue weighted by molar-refractivity contribution is -0.128. The molecule has 0 spiro atoms. The van der Waals surface area contributed by atoms with Crippen molar-refractivity contribution in [2.24, 2.45) is 0 Å². The van der Waals surface area contributed by atoms with Gasteiger partial charge in [0.15, 0.2) is 5.65 Å². The lowest BCUT2D eigenvalue weighted by atomic mass is 10.3. The van der Waals surface area contributed by atoms with Gasteiger partial charge in [0, 0.05) is 33.1 Å². The highest BCUT2D eigenvalue weighted by atomic mass is 16.2. The van der Waals surface area contributed by atoms with E-state index in [-0.39, 0.29) is 11.6 Å². The number of carbonyl (C=O) groups excluding carboxylic acids is 1. The van der Waals surface area contributed by atoms with Crippen LogP contribution in [0, 0.1) is 6.92 Å². The van der Waals surface area contributed by atoms with E-state index in [0.29, 0.717) is 30.3 Å². The summed E-state index contributed by atoms with van der Waals surface area (Å²) in [6.45, 7) is 2.20. The summed E-state index contributed by atoms with van der Waals surface area (Å²) in [5, 5.41) is 9.29. The molecule has 0 fully saturated rings. The Balaban J connectivity index is 2.10. The molecule has 0 atom stereocenters. The molecular weight excluding hydrogens is 248 g/mol. The minimum atomic E-state index is -0.311. The van der Waals surface area contributed by atoms with Crippen LogP contribution in [0.4, 0.5) is 5.82 Å². The molecular formula is C11H16N6O2. The molecule has 2 heterocycles. The van der Waals surface area contributed by atoms with Gasteiger partial charge in [-0.05, 0) is 6.92 Å². The first-order chi connectivity index (χ1) is 8.99. The largest absolute Gasteiger partial charge is 0.369 e. The first-order valence-electron chi connectivity index (χ1n) is 5.88. The molecule has 8 heteroatoms. The average Bonchev–Trinajstić information content (AvgIpc) is 2.71. The number of fused-ring (bicyclic) bond motifs is 1. The third kappa shape index (κ3) is 2.72. The summed E-state index contributed by atoms with van der Waals surface area (Å²) in [5.41, 5.74) is 0.188. The second kappa shape index (κ2) is 5.09. The molecule has 0 saturated carbocycles. The second-order valence-corrected chi connectivity index (χ2v) is 4.38. The first-order valence-corrected chi connectivity index (χ1v) is 5.88. The lowest BCUT2D eigenvalue weighted by Gasteiger charge is -2.11. The quantitative estimate of drug-likeness (QED) is 0.784. The third-order valence-corrected chi connectivity index (χ3v) is 2.71. The molecule has 2 N–H and O–H groups in total. The predicted octanol–water partition coefficient (Wildman–Crippen LogP) is -0.384. The van der Waals surface area contributed by atoms with Crippen molar-refractivity contribution in [1.82, 2.24) is 24.5 Å². The molecule has 2 rings (SSSR count). The average molecular weight is 264 g/mol. The van der Waals surface area contributed by atoms with Gasteiger partial charge >= 0.3 is 5.69 Å². The Bertz CT molecular complexity index is 657. The number of aromatic nitrogens is 4. The summed E-state index contributed by atoms with van der Waals surface area (Å²) in [7, 11) is 3.43. The summed E-state index contributed by atoms with van der Waals surface area (Å²) < 4.78 is 1.39. The van der Waals surface area contributed by atoms with Gasteiger partial charge in [-0.2, -0.15) is 5.10 Å². The number of aromatic amines is 1. The van der Waals surface area contributed by atoms with E-state index >= 15 is 0 Å². The summed E-state index contributed by atoms with van der Waals surface area (Å²) in [5.74, 6) is 1.18. The molecule has 2 aromatic heterocycles. The van der Waals surface area contributed by atoms with E-state index in [4.69, 9.17) is 0 Å². The van der Waals surface area contributed by atoms with Crippen molar-refractivity contribution >= 4 is 17.4 Å². The molecule has 1 amide bonds. The zero-order valence-corrected chi connectivity index (χ0v) is 11.1. The summed E-state index contributed by atoms with van der Waals surface area (Å²) in [6.07, 6.45) is 0.381. The van der Waals surface area contributed by atoms with Crippen molar-refractivity contribution in [2.75, 3.05) is 26.0 Å². The van der Waals surface area contributed by atoms with E-state index in [2.05, 4.69) is 20.5 Å². The van der Waals surface area contributed by atoms with Crippen molar-refractivity contribution in [2.45, 2.75) is 13.3 Å². The summed E-state index contributed by atoms with van der Waals surface area (Å²) in [6, 6.07) is 1.66. The summed E-state index contributed by atoms with van der Waals surface area (Å²) in [4.78, 5) is 28.6. The van der Waals surface area contributed by atoms with Crippen LogP contribution >= 0.6 is 0 Å². The van der Waals surface area contributed by atoms with E-state index in [9.17, 15) is 9.59 Å². The Morgan fingerprint density at radius 1 is 1.53 bits per heavy atom. The molecule has 0 aliphatic heterocycles. The highest BCUT2D eigenvalue weighted by Gasteiger charge is 2.07. The number of aryl methyl sites for hydroxylation is 1. The van der Waals surface area contributed by atoms with Crippen LogP contribution in [0.5, 0.6) is 0 Å². The van der Waals surface area contributed by atoms with Crippen LogP contribution in [0.3, 0.4) is 0 Å². The monoisotopic (exact) mass is 264 g/mol. The van der Waals surface area contributed by atoms with Crippen LogP contribution in [-0.4, -0.2) is 51.0 Å². The van der Waals surface area contributed by atoms with Crippen molar-refractivity contribution in [3.05, 3.63) is 22.4 Å². The number of hydrogen-bond donors (Lipinski definition) is 2. The molecule has 0 saturated heterocycles. The lowest BCUT2D eigenvalue weighted by Crippen LogP contribution is -2.24. The van der Waals surface area contributed by atoms with Gasteiger partial charge in [-0.15, -0.1) is 0 Å². The highest BCUT2D eigenvalue weighted by Crippen LogP contribution is 2.07. The van der Waals surface area contributed by atoms with Gasteiger partial charge in [-0.3, -0.25) is 4.79 Å². The molecule has 0 bridgehead atoms. The predicted molar refractivity (Wildman–Crippen MR) is 70.1 cm³/mol. The highest BCUT2D eigenvalue weighted by molar-refractivity contribution is 5.76. The fourth-order valence-electron chi connectivity index (χ4n) is 1.71. The second-order valence-electron chi connectivity index (χ2n) is 4.38. The normalized spacial score (nSPS) is 10.7. The zero-order chi connectivity index (χ0) is 14.0. The van der Waals surface area contributed by atoms with Crippen LogP contribution in [0.2, 0.25) is 0 Å². The minimum absolute atomic E-state index is 0.0429. The van der Waals surface area contributed by atoms with Crippen molar-refractivity contribution in [3.63, 3.8) is 0 Å². The van der Waals surface area contributed by atoms with Crippen LogP contribution in [0.15, 0.2) is 10.9 Å². The topological polar surface area (TPSA) is 95.4 Å². The molecule has 0 radical (unpaired) electrons. The standard InChI is InChI=1S/C11H16N6O2/c1-7-13-8(12-5-4-10(18)16(2)3)6-9-14-15-11(19)17(7)9/h6,12H,4-5H2,1-3H3,(H,15,19). The van der Waals surface area contributed by atoms with Gasteiger partial charge in [0.2, 0.25) is 5.91 Å². The number of amides is 1. The van der Waals surface area contributed by atoms with Gasteiger partial charge in [0.1, 0.15) is 11.6 Å². The molecule has 0 unspecified atom stereocenters. The maximum atomic E-state index is 11.4. The molecule has 8 nitrogen and oxygen atoms in total. The third-order valence-electron chi connectivity index (χ3n) is 2.71. The van der Waals surface area contributed by atoms with Crippen molar-refractivity contribution < 1.29 is 4.79 Å². The van der Waals surface area contributed by atoms with E-state index in [1.807, 2.05) is 0 Å². The van der Waals surface area contributed by atoms with Gasteiger partial charge in [0.05, 0.1) is 0 Å². The van der Waals surface area contributed by atoms with Crippen molar-refractivity contribution in [3.8, 4) is 0 Å². The Kier molecular flexibility index (Phi) is 3.50. The molecule has 0 aromatic carbocycles. The van der Waals surface area contributed by atoms with Gasteiger partial charge < -0.3 is 10.2 Å². The molecule has 2 aromatic rings. The number of nitrogens with zero attached hydrogens (tertiary/aromatic N) is 4. The minimum Gasteiger partial charge on any atom is -0.369 e. The van der Waals surface area contributed by atoms with E-state index in [1.165, 1.54) is 9.30 Å². The van der Waals surface area contributed by atoms with Crippen LogP contribution in [0.1, 0.15) is 12.2 Å². The Hall–Kier alpha value is -2.38. The van der Waals surface area contributed by atoms with Gasteiger partial charge in [0.25, 0.3) is 0 Å². The molecule has 102 valence electrons. The van der Waals surface area contributed by atoms with Gasteiger partial charge in [-0.1, -0.05) is 0 Å². The SMILES string of the molecule is Cc1nc(NCCC(=O)N(C)C)cc2n[nH]c(=O)n12. The maximum Gasteiger partial charge on any atom is 0.349 e. The maximum absolute atomic E-state index is 11.4. The smallest absolute Gasteiger partial charge is 0.349 e. The Morgan fingerprint density at radius 2 is 2.26 bits per heavy atom. The summed E-state index contributed by atoms with van der Waals surface area (Å²) >= 11 is 0. The number of nitrogens with one attached hydrogen (secondary N) is 2. The van der Waals surface area contributed by atoms with E-state index < -0.39 is 0 Å². The molecule has 0 aliphatic rings. The van der Waals surface area contributed by atoms with Crippen LogP contribution < -0.4 is 11.0 Å². The Labute approximate surface area is 109 Å². The zero-order valence-electron chi connectivity index (χ0n) is 11.1. The number of H-pyrrole nitrogens is 1. The first kappa shape index (κ1) is 13.1. The van der Waals surface area contributed by atoms with Crippen LogP contribution in [0.25, 0.3) is 5.65 Å². The Morgan fingerprint density at radius 3 is 2.95 bits per heavy atom. The van der Waals surface area contributed by atoms with Crippen molar-refractivity contribution in [1.29, 1.82) is 0 Å². The fourth-order valence-corrected chi connectivity index (χ4v) is 1.71. The number of rotatable bonds is 4. The number of hydrogen-bond acceptors (Lipinski definition) is 5. The molecule has 19 heavy (non-hydrogen) atoms. The van der Waals surface area contributed by atoms with E-state index in [0.717, 1.165) is 0 Å².